The molecule has 1 fully saturated rings. The first-order valence-electron chi connectivity index (χ1n) is 9.46. The van der Waals surface area contributed by atoms with Gasteiger partial charge in [-0.2, -0.15) is 4.31 Å². The molecule has 0 aliphatic carbocycles. The van der Waals surface area contributed by atoms with E-state index in [0.29, 0.717) is 30.0 Å². The number of nitrogens with one attached hydrogen (secondary N) is 1. The Hall–Kier alpha value is -2.23. The fourth-order valence-corrected chi connectivity index (χ4v) is 5.93. The zero-order valence-corrected chi connectivity index (χ0v) is 18.0. The molecular weight excluding hydrogens is 412 g/mol. The predicted octanol–water partition coefficient (Wildman–Crippen LogP) is 3.36. The molecule has 1 aliphatic rings. The lowest BCUT2D eigenvalue weighted by atomic mass is 10.0. The molecule has 0 radical (unpaired) electrons. The second kappa shape index (κ2) is 8.64. The summed E-state index contributed by atoms with van der Waals surface area (Å²) < 4.78 is 26.9. The highest BCUT2D eigenvalue weighted by Crippen LogP contribution is 2.26. The van der Waals surface area contributed by atoms with Gasteiger partial charge in [0.15, 0.2) is 0 Å². The molecule has 29 heavy (non-hydrogen) atoms. The summed E-state index contributed by atoms with van der Waals surface area (Å²) in [6.07, 6.45) is 1.87. The summed E-state index contributed by atoms with van der Waals surface area (Å²) in [7, 11) is -3.77. The third-order valence-corrected chi connectivity index (χ3v) is 8.31. The van der Waals surface area contributed by atoms with Crippen molar-refractivity contribution in [3.8, 4) is 0 Å². The third kappa shape index (κ3) is 4.68. The van der Waals surface area contributed by atoms with Crippen LogP contribution in [0.1, 0.15) is 39.9 Å². The second-order valence-electron chi connectivity index (χ2n) is 7.09. The van der Waals surface area contributed by atoms with Crippen molar-refractivity contribution in [2.75, 3.05) is 18.4 Å². The molecule has 0 spiro atoms. The third-order valence-electron chi connectivity index (χ3n) is 5.05. The molecule has 0 saturated carbocycles. The monoisotopic (exact) mass is 436 g/mol. The van der Waals surface area contributed by atoms with E-state index in [-0.39, 0.29) is 17.3 Å². The molecule has 1 aromatic carbocycles. The Bertz CT molecular complexity index is 1010. The smallest absolute Gasteiger partial charge is 0.307 e. The van der Waals surface area contributed by atoms with Crippen molar-refractivity contribution in [3.63, 3.8) is 0 Å². The molecule has 156 valence electrons. The fraction of sp³-hybridized carbons (Fsp3) is 0.400. The molecule has 1 unspecified atom stereocenters. The van der Waals surface area contributed by atoms with Gasteiger partial charge in [0.05, 0.1) is 15.7 Å². The van der Waals surface area contributed by atoms with Crippen LogP contribution in [0.3, 0.4) is 0 Å². The van der Waals surface area contributed by atoms with Crippen molar-refractivity contribution in [2.24, 2.45) is 5.92 Å². The minimum Gasteiger partial charge on any atom is -0.481 e. The highest BCUT2D eigenvalue weighted by molar-refractivity contribution is 7.89. The summed E-state index contributed by atoms with van der Waals surface area (Å²) in [5.74, 6) is -1.88. The van der Waals surface area contributed by atoms with Crippen LogP contribution in [0, 0.1) is 12.8 Å². The maximum atomic E-state index is 12.8. The van der Waals surface area contributed by atoms with Gasteiger partial charge in [-0.1, -0.05) is 6.92 Å². The number of carbonyl (C=O) groups excluding carboxylic acids is 1. The van der Waals surface area contributed by atoms with Crippen LogP contribution in [0.5, 0.6) is 0 Å². The predicted molar refractivity (Wildman–Crippen MR) is 112 cm³/mol. The number of amides is 1. The summed E-state index contributed by atoms with van der Waals surface area (Å²) in [6.45, 7) is 4.30. The van der Waals surface area contributed by atoms with Crippen LogP contribution >= 0.6 is 11.3 Å². The highest BCUT2D eigenvalue weighted by atomic mass is 32.2. The van der Waals surface area contributed by atoms with Crippen LogP contribution < -0.4 is 5.32 Å². The van der Waals surface area contributed by atoms with Gasteiger partial charge >= 0.3 is 5.97 Å². The second-order valence-corrected chi connectivity index (χ2v) is 10.2. The fourth-order valence-electron chi connectivity index (χ4n) is 3.40. The number of piperidine rings is 1. The van der Waals surface area contributed by atoms with E-state index < -0.39 is 21.9 Å². The minimum absolute atomic E-state index is 0.0202. The molecule has 0 bridgehead atoms. The van der Waals surface area contributed by atoms with Crippen molar-refractivity contribution in [1.82, 2.24) is 4.31 Å². The van der Waals surface area contributed by atoms with E-state index >= 15 is 0 Å². The number of benzene rings is 1. The highest BCUT2D eigenvalue weighted by Gasteiger charge is 2.33. The number of nitrogens with zero attached hydrogens (tertiary/aromatic N) is 1. The quantitative estimate of drug-likeness (QED) is 0.723. The Morgan fingerprint density at radius 3 is 2.55 bits per heavy atom. The number of carbonyl (C=O) groups is 2. The number of rotatable bonds is 6. The zero-order valence-electron chi connectivity index (χ0n) is 16.3. The zero-order chi connectivity index (χ0) is 21.2. The van der Waals surface area contributed by atoms with Gasteiger partial charge in [0.2, 0.25) is 10.0 Å². The Morgan fingerprint density at radius 1 is 1.28 bits per heavy atom. The van der Waals surface area contributed by atoms with Crippen LogP contribution in [-0.4, -0.2) is 42.8 Å². The number of sulfonamides is 1. The number of anilines is 1. The Balaban J connectivity index is 1.72. The number of carboxylic acids is 1. The van der Waals surface area contributed by atoms with Crippen molar-refractivity contribution < 1.29 is 23.1 Å². The van der Waals surface area contributed by atoms with Gasteiger partial charge < -0.3 is 10.4 Å². The topological polar surface area (TPSA) is 104 Å². The molecule has 2 heterocycles. The molecule has 2 N–H and O–H groups in total. The van der Waals surface area contributed by atoms with E-state index in [4.69, 9.17) is 0 Å². The van der Waals surface area contributed by atoms with Gasteiger partial charge in [0.1, 0.15) is 0 Å². The van der Waals surface area contributed by atoms with E-state index in [2.05, 4.69) is 5.32 Å². The molecule has 3 rings (SSSR count). The first-order valence-corrected chi connectivity index (χ1v) is 11.7. The summed E-state index contributed by atoms with van der Waals surface area (Å²) in [4.78, 5) is 25.5. The van der Waals surface area contributed by atoms with Gasteiger partial charge in [0, 0.05) is 23.7 Å². The number of thiophene rings is 1. The number of carboxylic acid groups (broad SMARTS) is 1. The van der Waals surface area contributed by atoms with Gasteiger partial charge in [0.25, 0.3) is 5.91 Å². The van der Waals surface area contributed by atoms with Gasteiger partial charge in [-0.25, -0.2) is 8.42 Å². The van der Waals surface area contributed by atoms with Crippen LogP contribution in [0.15, 0.2) is 35.2 Å². The van der Waals surface area contributed by atoms with Gasteiger partial charge in [-0.15, -0.1) is 11.3 Å². The van der Waals surface area contributed by atoms with E-state index in [9.17, 15) is 23.1 Å². The lowest BCUT2D eigenvalue weighted by Crippen LogP contribution is -2.42. The maximum absolute atomic E-state index is 12.8. The first kappa shape index (κ1) is 21.5. The molecule has 1 amide bonds. The summed E-state index contributed by atoms with van der Waals surface area (Å²) in [5.41, 5.74) is 1.59. The van der Waals surface area contributed by atoms with Crippen molar-refractivity contribution in [3.05, 3.63) is 45.6 Å². The molecule has 1 atom stereocenters. The number of aryl methyl sites for hydroxylation is 2. The molecule has 1 saturated heterocycles. The molecule has 2 aromatic rings. The number of hydrogen-bond donors (Lipinski definition) is 2. The minimum atomic E-state index is -3.77. The molecule has 1 aromatic heterocycles. The van der Waals surface area contributed by atoms with Crippen molar-refractivity contribution in [2.45, 2.75) is 38.0 Å². The van der Waals surface area contributed by atoms with Crippen LogP contribution in [0.25, 0.3) is 0 Å². The number of hydrogen-bond acceptors (Lipinski definition) is 5. The van der Waals surface area contributed by atoms with Gasteiger partial charge in [-0.3, -0.25) is 9.59 Å². The van der Waals surface area contributed by atoms with Crippen LogP contribution in [-0.2, 0) is 21.2 Å². The SMILES string of the molecule is CCc1sc(C(=O)Nc2ccc(S(=O)(=O)N3CCCC(C(=O)O)C3)cc2)cc1C. The van der Waals surface area contributed by atoms with E-state index in [1.807, 2.05) is 19.9 Å². The average Bonchev–Trinajstić information content (AvgIpc) is 3.09. The lowest BCUT2D eigenvalue weighted by molar-refractivity contribution is -0.142. The van der Waals surface area contributed by atoms with Gasteiger partial charge in [-0.05, 0) is 62.1 Å². The van der Waals surface area contributed by atoms with Crippen molar-refractivity contribution >= 4 is 38.9 Å². The summed E-state index contributed by atoms with van der Waals surface area (Å²) in [5, 5.41) is 12.0. The van der Waals surface area contributed by atoms with E-state index in [0.717, 1.165) is 16.9 Å². The van der Waals surface area contributed by atoms with Crippen LogP contribution in [0.2, 0.25) is 0 Å². The van der Waals surface area contributed by atoms with Crippen LogP contribution in [0.4, 0.5) is 5.69 Å². The molecular formula is C20H24N2O5S2. The summed E-state index contributed by atoms with van der Waals surface area (Å²) >= 11 is 1.45. The van der Waals surface area contributed by atoms with E-state index in [1.165, 1.54) is 27.8 Å². The standard InChI is InChI=1S/C20H24N2O5S2/c1-3-17-13(2)11-18(28-17)19(23)21-15-6-8-16(9-7-15)29(26,27)22-10-4-5-14(12-22)20(24)25/h6-9,11,14H,3-5,10,12H2,1-2H3,(H,21,23)(H,24,25). The number of aliphatic carboxylic acids is 1. The molecule has 9 heteroatoms. The van der Waals surface area contributed by atoms with E-state index in [1.54, 1.807) is 12.1 Å². The summed E-state index contributed by atoms with van der Waals surface area (Å²) in [6, 6.07) is 7.82. The van der Waals surface area contributed by atoms with Crippen molar-refractivity contribution in [1.29, 1.82) is 0 Å². The first-order chi connectivity index (χ1) is 13.7. The maximum Gasteiger partial charge on any atom is 0.307 e. The normalized spacial score (nSPS) is 17.8. The average molecular weight is 437 g/mol. The Morgan fingerprint density at radius 2 is 1.97 bits per heavy atom. The Kier molecular flexibility index (Phi) is 6.40. The largest absolute Gasteiger partial charge is 0.481 e. The lowest BCUT2D eigenvalue weighted by Gasteiger charge is -2.29. The Labute approximate surface area is 174 Å². The molecule has 1 aliphatic heterocycles. The molecule has 7 nitrogen and oxygen atoms in total.